The van der Waals surface area contributed by atoms with Gasteiger partial charge in [-0.3, -0.25) is 4.90 Å². The average molecular weight is 294 g/mol. The standard InChI is InChI=1S/C13H15F5N2/c14-12(15)11(20-6-4-19-5-7-20)9-2-1-3-10(8-9)13(16,17)18/h1-3,8,11-12,19H,4-7H2/t11-/m1/s1. The minimum Gasteiger partial charge on any atom is -0.314 e. The molecule has 1 atom stereocenters. The van der Waals surface area contributed by atoms with Gasteiger partial charge in [0.15, 0.2) is 0 Å². The number of benzene rings is 1. The predicted octanol–water partition coefficient (Wildman–Crippen LogP) is 2.92. The Morgan fingerprint density at radius 1 is 1.10 bits per heavy atom. The summed E-state index contributed by atoms with van der Waals surface area (Å²) in [6, 6.07) is 2.92. The second-order valence-corrected chi connectivity index (χ2v) is 4.69. The first-order chi connectivity index (χ1) is 9.39. The van der Waals surface area contributed by atoms with Crippen molar-refractivity contribution in [3.05, 3.63) is 35.4 Å². The van der Waals surface area contributed by atoms with Gasteiger partial charge in [0.25, 0.3) is 6.43 Å². The van der Waals surface area contributed by atoms with Crippen molar-refractivity contribution in [2.24, 2.45) is 0 Å². The minimum atomic E-state index is -4.52. The first-order valence-electron chi connectivity index (χ1n) is 6.29. The SMILES string of the molecule is FC(F)[C@@H](c1cccc(C(F)(F)F)c1)N1CCNCC1. The summed E-state index contributed by atoms with van der Waals surface area (Å²) in [7, 11) is 0. The first-order valence-corrected chi connectivity index (χ1v) is 6.29. The third kappa shape index (κ3) is 3.46. The molecule has 7 heteroatoms. The third-order valence-corrected chi connectivity index (χ3v) is 3.34. The monoisotopic (exact) mass is 294 g/mol. The van der Waals surface area contributed by atoms with E-state index in [2.05, 4.69) is 5.32 Å². The van der Waals surface area contributed by atoms with Gasteiger partial charge >= 0.3 is 6.18 Å². The Labute approximate surface area is 113 Å². The van der Waals surface area contributed by atoms with Gasteiger partial charge in [0.05, 0.1) is 11.6 Å². The molecule has 1 heterocycles. The lowest BCUT2D eigenvalue weighted by molar-refractivity contribution is -0.137. The van der Waals surface area contributed by atoms with E-state index in [1.165, 1.54) is 17.0 Å². The molecule has 0 radical (unpaired) electrons. The van der Waals surface area contributed by atoms with Crippen LogP contribution in [0.4, 0.5) is 22.0 Å². The quantitative estimate of drug-likeness (QED) is 0.862. The maximum Gasteiger partial charge on any atom is 0.416 e. The second kappa shape index (κ2) is 6.05. The summed E-state index contributed by atoms with van der Waals surface area (Å²) in [4.78, 5) is 1.52. The van der Waals surface area contributed by atoms with E-state index in [-0.39, 0.29) is 5.56 Å². The summed E-state index contributed by atoms with van der Waals surface area (Å²) in [6.07, 6.45) is -7.25. The molecule has 0 bridgehead atoms. The normalized spacial score (nSPS) is 19.3. The molecule has 1 fully saturated rings. The van der Waals surface area contributed by atoms with E-state index in [0.717, 1.165) is 12.1 Å². The lowest BCUT2D eigenvalue weighted by Crippen LogP contribution is -2.46. The van der Waals surface area contributed by atoms with E-state index in [0.29, 0.717) is 26.2 Å². The Morgan fingerprint density at radius 2 is 1.75 bits per heavy atom. The van der Waals surface area contributed by atoms with E-state index >= 15 is 0 Å². The molecule has 2 nitrogen and oxygen atoms in total. The van der Waals surface area contributed by atoms with Crippen LogP contribution in [-0.4, -0.2) is 37.5 Å². The molecule has 0 spiro atoms. The minimum absolute atomic E-state index is 0.0109. The summed E-state index contributed by atoms with van der Waals surface area (Å²) in [5.74, 6) is 0. The summed E-state index contributed by atoms with van der Waals surface area (Å²) in [6.45, 7) is 1.90. The number of nitrogens with one attached hydrogen (secondary N) is 1. The number of rotatable bonds is 3. The fourth-order valence-electron chi connectivity index (χ4n) is 2.37. The van der Waals surface area contributed by atoms with Crippen LogP contribution in [0, 0.1) is 0 Å². The summed E-state index contributed by atoms with van der Waals surface area (Å²) in [5.41, 5.74) is -0.882. The van der Waals surface area contributed by atoms with Crippen molar-refractivity contribution in [2.45, 2.75) is 18.6 Å². The Balaban J connectivity index is 2.29. The van der Waals surface area contributed by atoms with Crippen LogP contribution in [0.25, 0.3) is 0 Å². The number of halogens is 5. The Morgan fingerprint density at radius 3 is 2.30 bits per heavy atom. The molecule has 0 aromatic heterocycles. The molecule has 0 amide bonds. The number of piperazine rings is 1. The zero-order valence-electron chi connectivity index (χ0n) is 10.6. The maximum atomic E-state index is 13.3. The molecule has 112 valence electrons. The van der Waals surface area contributed by atoms with Gasteiger partial charge in [0.2, 0.25) is 0 Å². The molecule has 20 heavy (non-hydrogen) atoms. The van der Waals surface area contributed by atoms with Gasteiger partial charge in [-0.1, -0.05) is 12.1 Å². The molecule has 0 unspecified atom stereocenters. The molecule has 0 aliphatic carbocycles. The van der Waals surface area contributed by atoms with Crippen LogP contribution in [0.15, 0.2) is 24.3 Å². The van der Waals surface area contributed by atoms with Gasteiger partial charge in [-0.05, 0) is 17.7 Å². The highest BCUT2D eigenvalue weighted by atomic mass is 19.4. The van der Waals surface area contributed by atoms with Crippen LogP contribution < -0.4 is 5.32 Å². The van der Waals surface area contributed by atoms with Gasteiger partial charge in [-0.15, -0.1) is 0 Å². The Bertz CT molecular complexity index is 441. The molecule has 0 saturated carbocycles. The van der Waals surface area contributed by atoms with Crippen molar-refractivity contribution in [1.82, 2.24) is 10.2 Å². The molecule has 1 aliphatic rings. The van der Waals surface area contributed by atoms with Crippen molar-refractivity contribution < 1.29 is 22.0 Å². The van der Waals surface area contributed by atoms with E-state index in [4.69, 9.17) is 0 Å². The molecule has 1 aromatic rings. The van der Waals surface area contributed by atoms with Gasteiger partial charge in [-0.25, -0.2) is 8.78 Å². The topological polar surface area (TPSA) is 15.3 Å². The predicted molar refractivity (Wildman–Crippen MR) is 64.6 cm³/mol. The molecule has 1 aliphatic heterocycles. The molecular weight excluding hydrogens is 279 g/mol. The third-order valence-electron chi connectivity index (χ3n) is 3.34. The zero-order valence-corrected chi connectivity index (χ0v) is 10.6. The van der Waals surface area contributed by atoms with Gasteiger partial charge in [-0.2, -0.15) is 13.2 Å². The van der Waals surface area contributed by atoms with Crippen LogP contribution in [-0.2, 0) is 6.18 Å². The van der Waals surface area contributed by atoms with E-state index in [9.17, 15) is 22.0 Å². The van der Waals surface area contributed by atoms with Crippen molar-refractivity contribution in [3.8, 4) is 0 Å². The van der Waals surface area contributed by atoms with E-state index in [1.807, 2.05) is 0 Å². The molecule has 1 aromatic carbocycles. The first kappa shape index (κ1) is 15.2. The smallest absolute Gasteiger partial charge is 0.314 e. The number of alkyl halides is 5. The van der Waals surface area contributed by atoms with E-state index in [1.54, 1.807) is 0 Å². The largest absolute Gasteiger partial charge is 0.416 e. The van der Waals surface area contributed by atoms with Crippen LogP contribution in [0.3, 0.4) is 0 Å². The van der Waals surface area contributed by atoms with Crippen molar-refractivity contribution in [1.29, 1.82) is 0 Å². The summed E-state index contributed by atoms with van der Waals surface area (Å²) >= 11 is 0. The highest BCUT2D eigenvalue weighted by Gasteiger charge is 2.34. The van der Waals surface area contributed by atoms with Gasteiger partial charge in [0.1, 0.15) is 0 Å². The lowest BCUT2D eigenvalue weighted by atomic mass is 10.0. The lowest BCUT2D eigenvalue weighted by Gasteiger charge is -2.34. The highest BCUT2D eigenvalue weighted by molar-refractivity contribution is 5.28. The highest BCUT2D eigenvalue weighted by Crippen LogP contribution is 2.34. The van der Waals surface area contributed by atoms with Crippen molar-refractivity contribution >= 4 is 0 Å². The molecular formula is C13H15F5N2. The Kier molecular flexibility index (Phi) is 4.59. The number of nitrogens with zero attached hydrogens (tertiary/aromatic N) is 1. The Hall–Kier alpha value is -1.21. The van der Waals surface area contributed by atoms with E-state index < -0.39 is 24.2 Å². The van der Waals surface area contributed by atoms with Crippen LogP contribution in [0.2, 0.25) is 0 Å². The van der Waals surface area contributed by atoms with Crippen molar-refractivity contribution in [2.75, 3.05) is 26.2 Å². The fourth-order valence-corrected chi connectivity index (χ4v) is 2.37. The molecule has 2 rings (SSSR count). The van der Waals surface area contributed by atoms with Crippen LogP contribution >= 0.6 is 0 Å². The number of hydrogen-bond acceptors (Lipinski definition) is 2. The summed E-state index contributed by atoms with van der Waals surface area (Å²) in [5, 5.41) is 3.03. The second-order valence-electron chi connectivity index (χ2n) is 4.69. The zero-order chi connectivity index (χ0) is 14.8. The molecule has 1 saturated heterocycles. The van der Waals surface area contributed by atoms with Crippen molar-refractivity contribution in [3.63, 3.8) is 0 Å². The van der Waals surface area contributed by atoms with Gasteiger partial charge in [0, 0.05) is 26.2 Å². The maximum absolute atomic E-state index is 13.3. The van der Waals surface area contributed by atoms with Crippen LogP contribution in [0.5, 0.6) is 0 Å². The average Bonchev–Trinajstić information content (AvgIpc) is 2.39. The van der Waals surface area contributed by atoms with Crippen LogP contribution in [0.1, 0.15) is 17.2 Å². The van der Waals surface area contributed by atoms with Gasteiger partial charge < -0.3 is 5.32 Å². The molecule has 1 N–H and O–H groups in total. The fraction of sp³-hybridized carbons (Fsp3) is 0.538. The number of hydrogen-bond donors (Lipinski definition) is 1. The summed E-state index contributed by atoms with van der Waals surface area (Å²) < 4.78 is 64.5.